The summed E-state index contributed by atoms with van der Waals surface area (Å²) in [5.74, 6) is 0.772. The van der Waals surface area contributed by atoms with Crippen LogP contribution in [0.3, 0.4) is 0 Å². The third kappa shape index (κ3) is 4.66. The molecule has 0 radical (unpaired) electrons. The van der Waals surface area contributed by atoms with Crippen molar-refractivity contribution >= 4 is 28.4 Å². The van der Waals surface area contributed by atoms with Gasteiger partial charge in [0.25, 0.3) is 5.91 Å². The van der Waals surface area contributed by atoms with Crippen molar-refractivity contribution in [2.75, 3.05) is 13.7 Å². The van der Waals surface area contributed by atoms with Crippen LogP contribution in [-0.2, 0) is 12.8 Å². The highest BCUT2D eigenvalue weighted by Gasteiger charge is 2.08. The second-order valence-electron chi connectivity index (χ2n) is 7.23. The third-order valence-corrected chi connectivity index (χ3v) is 5.40. The zero-order chi connectivity index (χ0) is 20.9. The molecule has 4 nitrogen and oxygen atoms in total. The van der Waals surface area contributed by atoms with Crippen LogP contribution in [0.15, 0.2) is 72.9 Å². The molecule has 0 spiro atoms. The molecule has 0 saturated carbocycles. The van der Waals surface area contributed by atoms with Gasteiger partial charge in [0.15, 0.2) is 0 Å². The Balaban J connectivity index is 1.37. The van der Waals surface area contributed by atoms with Crippen LogP contribution in [-0.4, -0.2) is 24.5 Å². The number of ether oxygens (including phenoxy) is 1. The maximum atomic E-state index is 12.6. The van der Waals surface area contributed by atoms with Gasteiger partial charge in [0.2, 0.25) is 0 Å². The summed E-state index contributed by atoms with van der Waals surface area (Å²) in [4.78, 5) is 15.9. The standard InChI is InChI=1S/C25H23ClN2O2/c1-30-22-8-5-17(6-9-22)13-18-3-2-4-19(14-18)25(29)27-12-11-20-16-28-24-10-7-21(26)15-23(20)24/h2-10,14-16,28H,11-13H2,1H3,(H,27,29). The predicted octanol–water partition coefficient (Wildman–Crippen LogP) is 5.39. The van der Waals surface area contributed by atoms with E-state index in [1.165, 1.54) is 5.56 Å². The van der Waals surface area contributed by atoms with Gasteiger partial charge in [-0.25, -0.2) is 0 Å². The largest absolute Gasteiger partial charge is 0.497 e. The molecule has 0 saturated heterocycles. The lowest BCUT2D eigenvalue weighted by molar-refractivity contribution is 0.0954. The molecular weight excluding hydrogens is 396 g/mol. The Morgan fingerprint density at radius 3 is 2.67 bits per heavy atom. The van der Waals surface area contributed by atoms with Crippen LogP contribution in [0.5, 0.6) is 5.75 Å². The summed E-state index contributed by atoms with van der Waals surface area (Å²) in [5, 5.41) is 4.83. The number of benzene rings is 3. The first kappa shape index (κ1) is 20.0. The molecule has 0 fully saturated rings. The topological polar surface area (TPSA) is 54.1 Å². The molecule has 0 atom stereocenters. The monoisotopic (exact) mass is 418 g/mol. The molecule has 3 aromatic carbocycles. The van der Waals surface area contributed by atoms with E-state index in [2.05, 4.69) is 10.3 Å². The number of fused-ring (bicyclic) bond motifs is 1. The van der Waals surface area contributed by atoms with E-state index in [4.69, 9.17) is 16.3 Å². The summed E-state index contributed by atoms with van der Waals surface area (Å²) in [6, 6.07) is 21.5. The number of halogens is 1. The number of methoxy groups -OCH3 is 1. The van der Waals surface area contributed by atoms with Crippen molar-refractivity contribution in [3.63, 3.8) is 0 Å². The SMILES string of the molecule is COc1ccc(Cc2cccc(C(=O)NCCc3c[nH]c4ccc(Cl)cc34)c2)cc1. The van der Waals surface area contributed by atoms with Crippen LogP contribution in [0.2, 0.25) is 5.02 Å². The summed E-state index contributed by atoms with van der Waals surface area (Å²) >= 11 is 6.11. The minimum atomic E-state index is -0.0653. The number of rotatable bonds is 7. The van der Waals surface area contributed by atoms with E-state index in [1.54, 1.807) is 7.11 Å². The predicted molar refractivity (Wildman–Crippen MR) is 122 cm³/mol. The van der Waals surface area contributed by atoms with Crippen molar-refractivity contribution in [3.05, 3.63) is 100 Å². The number of carbonyl (C=O) groups excluding carboxylic acids is 1. The van der Waals surface area contributed by atoms with E-state index in [0.29, 0.717) is 17.1 Å². The average Bonchev–Trinajstić information content (AvgIpc) is 3.16. The van der Waals surface area contributed by atoms with Gasteiger partial charge in [-0.2, -0.15) is 0 Å². The third-order valence-electron chi connectivity index (χ3n) is 5.17. The van der Waals surface area contributed by atoms with Crippen LogP contribution < -0.4 is 10.1 Å². The smallest absolute Gasteiger partial charge is 0.251 e. The number of aromatic amines is 1. The van der Waals surface area contributed by atoms with Crippen LogP contribution in [0, 0.1) is 0 Å². The maximum Gasteiger partial charge on any atom is 0.251 e. The fraction of sp³-hybridized carbons (Fsp3) is 0.160. The molecule has 4 aromatic rings. The van der Waals surface area contributed by atoms with Gasteiger partial charge in [-0.1, -0.05) is 35.9 Å². The molecule has 0 aliphatic carbocycles. The highest BCUT2D eigenvalue weighted by atomic mass is 35.5. The Labute approximate surface area is 180 Å². The molecule has 5 heteroatoms. The van der Waals surface area contributed by atoms with Gasteiger partial charge in [-0.3, -0.25) is 4.79 Å². The van der Waals surface area contributed by atoms with Crippen molar-refractivity contribution in [2.24, 2.45) is 0 Å². The fourth-order valence-electron chi connectivity index (χ4n) is 3.57. The fourth-order valence-corrected chi connectivity index (χ4v) is 3.74. The lowest BCUT2D eigenvalue weighted by atomic mass is 10.0. The number of hydrogen-bond acceptors (Lipinski definition) is 2. The van der Waals surface area contributed by atoms with E-state index in [1.807, 2.05) is 72.9 Å². The lowest BCUT2D eigenvalue weighted by Crippen LogP contribution is -2.25. The zero-order valence-corrected chi connectivity index (χ0v) is 17.5. The number of aromatic nitrogens is 1. The molecule has 0 unspecified atom stereocenters. The molecule has 0 aliphatic heterocycles. The van der Waals surface area contributed by atoms with E-state index < -0.39 is 0 Å². The lowest BCUT2D eigenvalue weighted by Gasteiger charge is -2.08. The van der Waals surface area contributed by atoms with Crippen molar-refractivity contribution in [1.82, 2.24) is 10.3 Å². The van der Waals surface area contributed by atoms with Gasteiger partial charge in [-0.05, 0) is 72.0 Å². The summed E-state index contributed by atoms with van der Waals surface area (Å²) in [6.07, 6.45) is 3.47. The summed E-state index contributed by atoms with van der Waals surface area (Å²) in [7, 11) is 1.66. The van der Waals surface area contributed by atoms with Crippen LogP contribution in [0.1, 0.15) is 27.0 Å². The minimum Gasteiger partial charge on any atom is -0.497 e. The average molecular weight is 419 g/mol. The van der Waals surface area contributed by atoms with Gasteiger partial charge in [0.1, 0.15) is 5.75 Å². The second kappa shape index (κ2) is 9.06. The van der Waals surface area contributed by atoms with E-state index in [0.717, 1.165) is 40.6 Å². The molecular formula is C25H23ClN2O2. The first-order chi connectivity index (χ1) is 14.6. The van der Waals surface area contributed by atoms with E-state index >= 15 is 0 Å². The number of hydrogen-bond donors (Lipinski definition) is 2. The van der Waals surface area contributed by atoms with Gasteiger partial charge in [0, 0.05) is 34.2 Å². The van der Waals surface area contributed by atoms with Crippen molar-refractivity contribution in [1.29, 1.82) is 0 Å². The molecule has 4 rings (SSSR count). The first-order valence-corrected chi connectivity index (χ1v) is 10.3. The Hall–Kier alpha value is -3.24. The normalized spacial score (nSPS) is 10.9. The number of nitrogens with one attached hydrogen (secondary N) is 2. The summed E-state index contributed by atoms with van der Waals surface area (Å²) in [6.45, 7) is 0.557. The van der Waals surface area contributed by atoms with Gasteiger partial charge in [0.05, 0.1) is 7.11 Å². The Morgan fingerprint density at radius 1 is 1.03 bits per heavy atom. The van der Waals surface area contributed by atoms with Crippen LogP contribution in [0.25, 0.3) is 10.9 Å². The van der Waals surface area contributed by atoms with Crippen molar-refractivity contribution in [2.45, 2.75) is 12.8 Å². The second-order valence-corrected chi connectivity index (χ2v) is 7.67. The Kier molecular flexibility index (Phi) is 6.05. The van der Waals surface area contributed by atoms with E-state index in [9.17, 15) is 4.79 Å². The maximum absolute atomic E-state index is 12.6. The molecule has 1 aromatic heterocycles. The number of amides is 1. The molecule has 152 valence electrons. The summed E-state index contributed by atoms with van der Waals surface area (Å²) < 4.78 is 5.20. The Bertz CT molecular complexity index is 1170. The zero-order valence-electron chi connectivity index (χ0n) is 16.7. The molecule has 2 N–H and O–H groups in total. The van der Waals surface area contributed by atoms with Crippen molar-refractivity contribution in [3.8, 4) is 5.75 Å². The van der Waals surface area contributed by atoms with Crippen LogP contribution >= 0.6 is 11.6 Å². The molecule has 30 heavy (non-hydrogen) atoms. The quantitative estimate of drug-likeness (QED) is 0.422. The first-order valence-electron chi connectivity index (χ1n) is 9.88. The van der Waals surface area contributed by atoms with Gasteiger partial charge < -0.3 is 15.0 Å². The van der Waals surface area contributed by atoms with E-state index in [-0.39, 0.29) is 5.91 Å². The van der Waals surface area contributed by atoms with Crippen LogP contribution in [0.4, 0.5) is 0 Å². The minimum absolute atomic E-state index is 0.0653. The molecule has 0 bridgehead atoms. The highest BCUT2D eigenvalue weighted by Crippen LogP contribution is 2.22. The Morgan fingerprint density at radius 2 is 1.87 bits per heavy atom. The van der Waals surface area contributed by atoms with Gasteiger partial charge in [-0.15, -0.1) is 0 Å². The molecule has 1 amide bonds. The number of carbonyl (C=O) groups is 1. The van der Waals surface area contributed by atoms with Gasteiger partial charge >= 0.3 is 0 Å². The molecule has 0 aliphatic rings. The summed E-state index contributed by atoms with van der Waals surface area (Å²) in [5.41, 5.74) is 5.13. The molecule has 1 heterocycles. The highest BCUT2D eigenvalue weighted by molar-refractivity contribution is 6.31. The van der Waals surface area contributed by atoms with Crippen molar-refractivity contribution < 1.29 is 9.53 Å². The number of H-pyrrole nitrogens is 1.